The first-order chi connectivity index (χ1) is 17.5. The number of amides is 2. The number of benzene rings is 1. The Kier molecular flexibility index (Phi) is 5.40. The SMILES string of the molecule is C=CC(=O)N1CCC2(CC(n3c(NC(=O)c4ccc(-c5cnco5)s4)nc4cc(NC)ccc43)C2)C1. The number of nitrogens with zero attached hydrogens (tertiary/aromatic N) is 4. The fraction of sp³-hybridized carbons (Fsp3) is 0.308. The van der Waals surface area contributed by atoms with Gasteiger partial charge in [-0.05, 0) is 61.1 Å². The van der Waals surface area contributed by atoms with Crippen LogP contribution < -0.4 is 10.6 Å². The molecule has 3 aromatic heterocycles. The van der Waals surface area contributed by atoms with Crippen molar-refractivity contribution in [2.24, 2.45) is 5.41 Å². The minimum atomic E-state index is -0.214. The van der Waals surface area contributed by atoms with Crippen LogP contribution in [0, 0.1) is 5.41 Å². The summed E-state index contributed by atoms with van der Waals surface area (Å²) in [5.41, 5.74) is 2.88. The Bertz CT molecular complexity index is 1460. The third kappa shape index (κ3) is 3.78. The first-order valence-electron chi connectivity index (χ1n) is 11.9. The van der Waals surface area contributed by atoms with Crippen LogP contribution in [0.25, 0.3) is 21.7 Å². The lowest BCUT2D eigenvalue weighted by Gasteiger charge is -2.46. The summed E-state index contributed by atoms with van der Waals surface area (Å²) in [5.74, 6) is 0.950. The van der Waals surface area contributed by atoms with Gasteiger partial charge in [0.1, 0.15) is 0 Å². The van der Waals surface area contributed by atoms with Crippen molar-refractivity contribution < 1.29 is 14.0 Å². The molecule has 2 N–H and O–H groups in total. The number of rotatable bonds is 6. The Hall–Kier alpha value is -3.92. The van der Waals surface area contributed by atoms with Gasteiger partial charge in [0.15, 0.2) is 12.2 Å². The van der Waals surface area contributed by atoms with Gasteiger partial charge in [0, 0.05) is 31.9 Å². The van der Waals surface area contributed by atoms with Crippen LogP contribution in [-0.2, 0) is 4.79 Å². The minimum absolute atomic E-state index is 0.00315. The van der Waals surface area contributed by atoms with E-state index in [9.17, 15) is 9.59 Å². The zero-order chi connectivity index (χ0) is 24.9. The van der Waals surface area contributed by atoms with Crippen LogP contribution in [0.15, 0.2) is 60.0 Å². The van der Waals surface area contributed by atoms with Gasteiger partial charge in [-0.25, -0.2) is 9.97 Å². The van der Waals surface area contributed by atoms with E-state index in [4.69, 9.17) is 9.40 Å². The second-order valence-corrected chi connectivity index (χ2v) is 10.6. The molecule has 9 nitrogen and oxygen atoms in total. The highest BCUT2D eigenvalue weighted by molar-refractivity contribution is 7.17. The smallest absolute Gasteiger partial charge is 0.268 e. The number of hydrogen-bond acceptors (Lipinski definition) is 7. The molecule has 1 saturated carbocycles. The van der Waals surface area contributed by atoms with Crippen molar-refractivity contribution in [3.05, 3.63) is 60.5 Å². The number of anilines is 2. The quantitative estimate of drug-likeness (QED) is 0.368. The Morgan fingerprint density at radius 3 is 2.89 bits per heavy atom. The van der Waals surface area contributed by atoms with E-state index < -0.39 is 0 Å². The summed E-state index contributed by atoms with van der Waals surface area (Å²) in [6, 6.07) is 9.88. The maximum absolute atomic E-state index is 13.2. The predicted octanol–water partition coefficient (Wildman–Crippen LogP) is 4.79. The molecular weight excluding hydrogens is 476 g/mol. The molecule has 0 radical (unpaired) electrons. The van der Waals surface area contributed by atoms with E-state index in [1.807, 2.05) is 36.2 Å². The van der Waals surface area contributed by atoms with Crippen LogP contribution in [0.5, 0.6) is 0 Å². The largest absolute Gasteiger partial charge is 0.443 e. The molecule has 1 aliphatic carbocycles. The summed E-state index contributed by atoms with van der Waals surface area (Å²) in [6.45, 7) is 5.15. The van der Waals surface area contributed by atoms with Gasteiger partial charge in [-0.2, -0.15) is 0 Å². The van der Waals surface area contributed by atoms with Crippen molar-refractivity contribution in [3.8, 4) is 10.6 Å². The molecule has 1 aliphatic heterocycles. The van der Waals surface area contributed by atoms with E-state index in [1.165, 1.54) is 23.8 Å². The van der Waals surface area contributed by atoms with Crippen molar-refractivity contribution in [1.29, 1.82) is 0 Å². The Morgan fingerprint density at radius 1 is 1.28 bits per heavy atom. The lowest BCUT2D eigenvalue weighted by atomic mass is 9.65. The maximum atomic E-state index is 13.2. The highest BCUT2D eigenvalue weighted by Gasteiger charge is 2.50. The Morgan fingerprint density at radius 2 is 2.14 bits per heavy atom. The van der Waals surface area contributed by atoms with Crippen LogP contribution in [0.4, 0.5) is 11.6 Å². The van der Waals surface area contributed by atoms with Gasteiger partial charge >= 0.3 is 0 Å². The highest BCUT2D eigenvalue weighted by Crippen LogP contribution is 2.55. The molecule has 36 heavy (non-hydrogen) atoms. The minimum Gasteiger partial charge on any atom is -0.443 e. The number of fused-ring (bicyclic) bond motifs is 1. The molecule has 2 amide bonds. The summed E-state index contributed by atoms with van der Waals surface area (Å²) in [7, 11) is 1.87. The molecular formula is C26H26N6O3S. The molecule has 1 aromatic carbocycles. The zero-order valence-electron chi connectivity index (χ0n) is 19.9. The number of aromatic nitrogens is 3. The molecule has 1 spiro atoms. The number of likely N-dealkylation sites (tertiary alicyclic amines) is 1. The van der Waals surface area contributed by atoms with Crippen LogP contribution >= 0.6 is 11.3 Å². The van der Waals surface area contributed by atoms with E-state index in [1.54, 1.807) is 12.3 Å². The molecule has 0 bridgehead atoms. The number of carbonyl (C=O) groups is 2. The van der Waals surface area contributed by atoms with E-state index in [-0.39, 0.29) is 23.3 Å². The molecule has 2 aliphatic rings. The van der Waals surface area contributed by atoms with Crippen LogP contribution in [-0.4, -0.2) is 51.4 Å². The lowest BCUT2D eigenvalue weighted by molar-refractivity contribution is -0.125. The number of hydrogen-bond donors (Lipinski definition) is 2. The van der Waals surface area contributed by atoms with Gasteiger partial charge in [0.05, 0.1) is 27.0 Å². The number of carbonyl (C=O) groups excluding carboxylic acids is 2. The second kappa shape index (κ2) is 8.63. The molecule has 184 valence electrons. The fourth-order valence-corrected chi connectivity index (χ4v) is 6.37. The van der Waals surface area contributed by atoms with E-state index in [2.05, 4.69) is 26.8 Å². The van der Waals surface area contributed by atoms with Gasteiger partial charge in [-0.1, -0.05) is 6.58 Å². The van der Waals surface area contributed by atoms with Crippen molar-refractivity contribution in [1.82, 2.24) is 19.4 Å². The third-order valence-electron chi connectivity index (χ3n) is 7.34. The fourth-order valence-electron chi connectivity index (χ4n) is 5.51. The van der Waals surface area contributed by atoms with E-state index >= 15 is 0 Å². The van der Waals surface area contributed by atoms with Gasteiger partial charge < -0.3 is 19.2 Å². The molecule has 0 unspecified atom stereocenters. The highest BCUT2D eigenvalue weighted by atomic mass is 32.1. The van der Waals surface area contributed by atoms with Crippen molar-refractivity contribution in [2.45, 2.75) is 25.3 Å². The summed E-state index contributed by atoms with van der Waals surface area (Å²) in [4.78, 5) is 37.4. The zero-order valence-corrected chi connectivity index (χ0v) is 20.7. The standard InChI is InChI=1S/C26H26N6O3S/c1-3-23(33)31-9-8-26(14-31)11-17(12-26)32-19-5-4-16(27-2)10-18(19)29-25(32)30-24(34)22-7-6-21(36-22)20-13-28-15-35-20/h3-7,10,13,15,17,27H,1,8-9,11-12,14H2,2H3,(H,29,30,34). The second-order valence-electron chi connectivity index (χ2n) is 9.52. The van der Waals surface area contributed by atoms with Crippen LogP contribution in [0.3, 0.4) is 0 Å². The molecule has 4 aromatic rings. The monoisotopic (exact) mass is 502 g/mol. The third-order valence-corrected chi connectivity index (χ3v) is 8.43. The lowest BCUT2D eigenvalue weighted by Crippen LogP contribution is -2.42. The Labute approximate surface area is 211 Å². The number of imidazole rings is 1. The molecule has 10 heteroatoms. The van der Waals surface area contributed by atoms with Gasteiger partial charge in [0.2, 0.25) is 11.9 Å². The van der Waals surface area contributed by atoms with Crippen LogP contribution in [0.1, 0.15) is 35.0 Å². The average Bonchev–Trinajstić information content (AvgIpc) is 3.66. The first-order valence-corrected chi connectivity index (χ1v) is 12.7. The summed E-state index contributed by atoms with van der Waals surface area (Å²) in [6.07, 6.45) is 7.25. The summed E-state index contributed by atoms with van der Waals surface area (Å²) >= 11 is 1.35. The predicted molar refractivity (Wildman–Crippen MR) is 139 cm³/mol. The summed E-state index contributed by atoms with van der Waals surface area (Å²) in [5, 5.41) is 6.21. The number of nitrogens with one attached hydrogen (secondary N) is 2. The topological polar surface area (TPSA) is 105 Å². The molecule has 4 heterocycles. The Balaban J connectivity index is 1.28. The molecule has 6 rings (SSSR count). The van der Waals surface area contributed by atoms with Gasteiger partial charge in [-0.15, -0.1) is 11.3 Å². The van der Waals surface area contributed by atoms with E-state index in [0.717, 1.165) is 53.9 Å². The van der Waals surface area contributed by atoms with Crippen molar-refractivity contribution in [2.75, 3.05) is 30.8 Å². The summed E-state index contributed by atoms with van der Waals surface area (Å²) < 4.78 is 7.51. The normalized spacial score (nSPS) is 21.0. The first kappa shape index (κ1) is 22.5. The number of oxazole rings is 1. The van der Waals surface area contributed by atoms with Crippen molar-refractivity contribution in [3.63, 3.8) is 0 Å². The average molecular weight is 503 g/mol. The molecule has 1 saturated heterocycles. The molecule has 0 atom stereocenters. The van der Waals surface area contributed by atoms with E-state index in [0.29, 0.717) is 16.6 Å². The van der Waals surface area contributed by atoms with Gasteiger partial charge in [0.25, 0.3) is 5.91 Å². The van der Waals surface area contributed by atoms with Crippen molar-refractivity contribution >= 4 is 45.8 Å². The molecule has 2 fully saturated rings. The maximum Gasteiger partial charge on any atom is 0.268 e. The van der Waals surface area contributed by atoms with Crippen LogP contribution in [0.2, 0.25) is 0 Å². The van der Waals surface area contributed by atoms with Gasteiger partial charge in [-0.3, -0.25) is 14.9 Å². The number of thiophene rings is 1.